The minimum absolute atomic E-state index is 0.0910. The molecular weight excluding hydrogens is 510 g/mol. The molecule has 1 aromatic heterocycles. The molecule has 1 aliphatic heterocycles. The van der Waals surface area contributed by atoms with Crippen molar-refractivity contribution in [3.8, 4) is 17.4 Å². The molecule has 0 aliphatic carbocycles. The Kier molecular flexibility index (Phi) is 5.55. The zero-order valence-electron chi connectivity index (χ0n) is 15.0. The number of hydrogen-bond donors (Lipinski definition) is 0. The highest BCUT2D eigenvalue weighted by molar-refractivity contribution is 9.11. The third-order valence-electron chi connectivity index (χ3n) is 4.34. The van der Waals surface area contributed by atoms with Gasteiger partial charge in [-0.2, -0.15) is 5.26 Å². The maximum atomic E-state index is 12.5. The number of nitro benzene ring substituents is 1. The van der Waals surface area contributed by atoms with Crippen molar-refractivity contribution in [1.29, 1.82) is 5.26 Å². The molecule has 3 rings (SSSR count). The van der Waals surface area contributed by atoms with Crippen molar-refractivity contribution in [3.63, 3.8) is 0 Å². The summed E-state index contributed by atoms with van der Waals surface area (Å²) >= 11 is 6.62. The number of carbonyl (C=O) groups excluding carboxylic acids is 2. The Bertz CT molecular complexity index is 1160. The molecule has 0 atom stereocenters. The van der Waals surface area contributed by atoms with Crippen LogP contribution in [0.5, 0.6) is 0 Å². The van der Waals surface area contributed by atoms with Crippen LogP contribution in [0.15, 0.2) is 54.3 Å². The lowest BCUT2D eigenvalue weighted by Gasteiger charge is -2.23. The molecule has 2 amide bonds. The monoisotopic (exact) mass is 519 g/mol. The van der Waals surface area contributed by atoms with Crippen molar-refractivity contribution in [3.05, 3.63) is 65.8 Å². The van der Waals surface area contributed by atoms with Crippen LogP contribution in [0.3, 0.4) is 0 Å². The van der Waals surface area contributed by atoms with E-state index in [9.17, 15) is 25.0 Å². The molecule has 8 nitrogen and oxygen atoms in total. The van der Waals surface area contributed by atoms with E-state index in [-0.39, 0.29) is 22.4 Å². The van der Waals surface area contributed by atoms with Crippen LogP contribution in [0.2, 0.25) is 0 Å². The Morgan fingerprint density at radius 1 is 1.21 bits per heavy atom. The summed E-state index contributed by atoms with van der Waals surface area (Å²) in [6, 6.07) is 7.81. The third kappa shape index (κ3) is 3.66. The van der Waals surface area contributed by atoms with Crippen molar-refractivity contribution in [1.82, 2.24) is 4.90 Å². The summed E-state index contributed by atoms with van der Waals surface area (Å²) in [4.78, 5) is 35.9. The molecule has 146 valence electrons. The van der Waals surface area contributed by atoms with Crippen LogP contribution >= 0.6 is 31.9 Å². The van der Waals surface area contributed by atoms with Crippen LogP contribution in [0.25, 0.3) is 17.4 Å². The second kappa shape index (κ2) is 7.77. The van der Waals surface area contributed by atoms with Crippen LogP contribution in [0.1, 0.15) is 12.7 Å². The van der Waals surface area contributed by atoms with Gasteiger partial charge < -0.3 is 4.42 Å². The predicted octanol–water partition coefficient (Wildman–Crippen LogP) is 4.60. The molecule has 0 N–H and O–H groups in total. The average Bonchev–Trinajstić information content (AvgIpc) is 3.11. The number of carbonyl (C=O) groups is 2. The highest BCUT2D eigenvalue weighted by Gasteiger charge is 2.33. The Balaban J connectivity index is 2.07. The number of imide groups is 1. The predicted molar refractivity (Wildman–Crippen MR) is 110 cm³/mol. The number of hydrogen-bond acceptors (Lipinski definition) is 6. The smallest absolute Gasteiger partial charge is 0.271 e. The Morgan fingerprint density at radius 2 is 1.83 bits per heavy atom. The molecule has 10 heteroatoms. The summed E-state index contributed by atoms with van der Waals surface area (Å²) in [6.45, 7) is 1.53. The lowest BCUT2D eigenvalue weighted by atomic mass is 9.95. The van der Waals surface area contributed by atoms with Crippen LogP contribution in [0, 0.1) is 21.4 Å². The van der Waals surface area contributed by atoms with Gasteiger partial charge >= 0.3 is 0 Å². The lowest BCUT2D eigenvalue weighted by Crippen LogP contribution is -2.39. The van der Waals surface area contributed by atoms with Gasteiger partial charge in [0.15, 0.2) is 0 Å². The average molecular weight is 521 g/mol. The maximum Gasteiger partial charge on any atom is 0.271 e. The molecule has 0 unspecified atom stereocenters. The molecule has 0 spiro atoms. The van der Waals surface area contributed by atoms with Crippen molar-refractivity contribution in [2.75, 3.05) is 7.05 Å². The number of rotatable bonds is 3. The quantitative estimate of drug-likeness (QED) is 0.252. The Labute approximate surface area is 181 Å². The number of amides is 2. The van der Waals surface area contributed by atoms with E-state index in [2.05, 4.69) is 31.9 Å². The number of likely N-dealkylation sites (N-methyl/N-ethyl adjacent to an activating group) is 1. The fraction of sp³-hybridized carbons (Fsp3) is 0.105. The molecule has 0 bridgehead atoms. The van der Waals surface area contributed by atoms with E-state index in [1.807, 2.05) is 6.07 Å². The molecule has 2 aromatic rings. The van der Waals surface area contributed by atoms with E-state index in [0.29, 0.717) is 26.0 Å². The normalized spacial score (nSPS) is 15.8. The van der Waals surface area contributed by atoms with E-state index in [1.54, 1.807) is 12.1 Å². The van der Waals surface area contributed by atoms with Gasteiger partial charge in [0.25, 0.3) is 17.5 Å². The van der Waals surface area contributed by atoms with Gasteiger partial charge in [-0.25, -0.2) is 0 Å². The fourth-order valence-corrected chi connectivity index (χ4v) is 4.36. The maximum absolute atomic E-state index is 12.5. The highest BCUT2D eigenvalue weighted by Crippen LogP contribution is 2.39. The van der Waals surface area contributed by atoms with Crippen molar-refractivity contribution >= 4 is 55.4 Å². The molecule has 0 saturated carbocycles. The number of nitrogens with zero attached hydrogens (tertiary/aromatic N) is 3. The molecule has 0 saturated heterocycles. The van der Waals surface area contributed by atoms with Crippen LogP contribution in [-0.4, -0.2) is 28.7 Å². The standard InChI is InChI=1S/C19H11Br2N3O5/c1-9-12(18(25)23(2)19(26)13(9)8-22)7-11-3-4-16(29-11)17-14(20)5-10(24(27)28)6-15(17)21/h3-7H,1-2H3/b12-7+. The summed E-state index contributed by atoms with van der Waals surface area (Å²) in [6.07, 6.45) is 1.45. The summed E-state index contributed by atoms with van der Waals surface area (Å²) in [7, 11) is 1.31. The third-order valence-corrected chi connectivity index (χ3v) is 5.59. The minimum atomic E-state index is -0.647. The SMILES string of the molecule is CC1=C(C#N)C(=O)N(C)C(=O)/C1=C/c1ccc(-c2c(Br)cc([N+](=O)[O-])cc2Br)o1. The lowest BCUT2D eigenvalue weighted by molar-refractivity contribution is -0.385. The summed E-state index contributed by atoms with van der Waals surface area (Å²) < 4.78 is 6.70. The van der Waals surface area contributed by atoms with Gasteiger partial charge in [-0.05, 0) is 62.6 Å². The first-order chi connectivity index (χ1) is 13.6. The first-order valence-electron chi connectivity index (χ1n) is 8.04. The number of nitriles is 1. The van der Waals surface area contributed by atoms with E-state index in [1.165, 1.54) is 32.2 Å². The zero-order valence-corrected chi connectivity index (χ0v) is 18.2. The highest BCUT2D eigenvalue weighted by atomic mass is 79.9. The van der Waals surface area contributed by atoms with Crippen LogP contribution in [-0.2, 0) is 9.59 Å². The second-order valence-electron chi connectivity index (χ2n) is 6.08. The number of halogens is 2. The van der Waals surface area contributed by atoms with E-state index < -0.39 is 16.7 Å². The first-order valence-corrected chi connectivity index (χ1v) is 9.63. The Hall–Kier alpha value is -3.03. The largest absolute Gasteiger partial charge is 0.457 e. The molecule has 0 radical (unpaired) electrons. The molecule has 1 aliphatic rings. The van der Waals surface area contributed by atoms with E-state index in [4.69, 9.17) is 4.42 Å². The van der Waals surface area contributed by atoms with Gasteiger partial charge in [0.1, 0.15) is 23.2 Å². The van der Waals surface area contributed by atoms with E-state index >= 15 is 0 Å². The molecule has 2 heterocycles. The number of benzene rings is 1. The Morgan fingerprint density at radius 3 is 2.38 bits per heavy atom. The molecular formula is C19H11Br2N3O5. The number of nitro groups is 1. The van der Waals surface area contributed by atoms with Gasteiger partial charge in [-0.15, -0.1) is 0 Å². The molecule has 29 heavy (non-hydrogen) atoms. The fourth-order valence-electron chi connectivity index (χ4n) is 2.81. The zero-order chi connectivity index (χ0) is 21.5. The second-order valence-corrected chi connectivity index (χ2v) is 7.79. The van der Waals surface area contributed by atoms with Crippen LogP contribution in [0.4, 0.5) is 5.69 Å². The topological polar surface area (TPSA) is 117 Å². The summed E-state index contributed by atoms with van der Waals surface area (Å²) in [5, 5.41) is 20.2. The van der Waals surface area contributed by atoms with Gasteiger partial charge in [0.2, 0.25) is 0 Å². The summed E-state index contributed by atoms with van der Waals surface area (Å²) in [5.41, 5.74) is 0.813. The van der Waals surface area contributed by atoms with Gasteiger partial charge in [0, 0.05) is 39.3 Å². The minimum Gasteiger partial charge on any atom is -0.457 e. The van der Waals surface area contributed by atoms with Crippen molar-refractivity contribution in [2.24, 2.45) is 0 Å². The van der Waals surface area contributed by atoms with Crippen LogP contribution < -0.4 is 0 Å². The number of non-ortho nitro benzene ring substituents is 1. The summed E-state index contributed by atoms with van der Waals surface area (Å²) in [5.74, 6) is -0.464. The molecule has 0 fully saturated rings. The van der Waals surface area contributed by atoms with E-state index in [0.717, 1.165) is 4.90 Å². The van der Waals surface area contributed by atoms with Gasteiger partial charge in [-0.3, -0.25) is 24.6 Å². The molecule has 1 aromatic carbocycles. The van der Waals surface area contributed by atoms with Gasteiger partial charge in [0.05, 0.1) is 4.92 Å². The van der Waals surface area contributed by atoms with Gasteiger partial charge in [-0.1, -0.05) is 0 Å². The number of furan rings is 1. The van der Waals surface area contributed by atoms with Crippen molar-refractivity contribution in [2.45, 2.75) is 6.92 Å². The first kappa shape index (κ1) is 20.7. The van der Waals surface area contributed by atoms with Crippen molar-refractivity contribution < 1.29 is 18.9 Å².